The van der Waals surface area contributed by atoms with E-state index in [9.17, 15) is 8.42 Å². The number of benzene rings is 1. The van der Waals surface area contributed by atoms with Crippen LogP contribution >= 0.6 is 35.3 Å². The van der Waals surface area contributed by atoms with Gasteiger partial charge in [0.2, 0.25) is 10.0 Å². The molecule has 6 nitrogen and oxygen atoms in total. The van der Waals surface area contributed by atoms with E-state index >= 15 is 0 Å². The number of nitrogens with one attached hydrogen (secondary N) is 3. The van der Waals surface area contributed by atoms with Gasteiger partial charge in [0.05, 0.1) is 12.3 Å². The van der Waals surface area contributed by atoms with Crippen LogP contribution < -0.4 is 15.4 Å². The summed E-state index contributed by atoms with van der Waals surface area (Å²) in [7, 11) is -1.68. The van der Waals surface area contributed by atoms with E-state index in [2.05, 4.69) is 39.4 Å². The highest BCUT2D eigenvalue weighted by molar-refractivity contribution is 14.0. The van der Waals surface area contributed by atoms with Crippen molar-refractivity contribution in [2.45, 2.75) is 20.0 Å². The number of halogens is 1. The Hall–Kier alpha value is -1.17. The number of aliphatic imine (C=N–C) groups is 1. The smallest absolute Gasteiger partial charge is 0.213 e. The molecular formula is C17H25IN4O2S2. The molecule has 0 bridgehead atoms. The molecule has 0 aliphatic heterocycles. The predicted molar refractivity (Wildman–Crippen MR) is 120 cm³/mol. The fraction of sp³-hybridized carbons (Fsp3) is 0.353. The molecule has 1 aromatic carbocycles. The van der Waals surface area contributed by atoms with Gasteiger partial charge in [0, 0.05) is 29.9 Å². The maximum absolute atomic E-state index is 12.0. The van der Waals surface area contributed by atoms with Gasteiger partial charge in [0.15, 0.2) is 5.96 Å². The third kappa shape index (κ3) is 8.47. The lowest BCUT2D eigenvalue weighted by atomic mass is 10.2. The molecule has 2 rings (SSSR count). The minimum atomic E-state index is -3.34. The summed E-state index contributed by atoms with van der Waals surface area (Å²) in [5, 5.41) is 6.20. The van der Waals surface area contributed by atoms with Crippen molar-refractivity contribution in [2.24, 2.45) is 4.99 Å². The number of thiophene rings is 1. The molecule has 0 saturated carbocycles. The van der Waals surface area contributed by atoms with Crippen LogP contribution in [0.3, 0.4) is 0 Å². The Labute approximate surface area is 176 Å². The Kier molecular flexibility index (Phi) is 10.1. The fourth-order valence-electron chi connectivity index (χ4n) is 2.14. The van der Waals surface area contributed by atoms with Crippen LogP contribution in [0.2, 0.25) is 0 Å². The zero-order chi connectivity index (χ0) is 18.1. The van der Waals surface area contributed by atoms with Crippen molar-refractivity contribution >= 4 is 51.3 Å². The number of hydrogen-bond donors (Lipinski definition) is 3. The van der Waals surface area contributed by atoms with Crippen molar-refractivity contribution in [3.63, 3.8) is 0 Å². The summed E-state index contributed by atoms with van der Waals surface area (Å²) in [5.41, 5.74) is 0.933. The summed E-state index contributed by atoms with van der Waals surface area (Å²) < 4.78 is 26.7. The number of guanidine groups is 1. The average Bonchev–Trinajstić information content (AvgIpc) is 3.02. The quantitative estimate of drug-likeness (QED) is 0.291. The first-order chi connectivity index (χ1) is 12.0. The first-order valence-electron chi connectivity index (χ1n) is 7.99. The van der Waals surface area contributed by atoms with Gasteiger partial charge in [-0.15, -0.1) is 35.3 Å². The molecule has 0 radical (unpaired) electrons. The Bertz CT molecular complexity index is 792. The summed E-state index contributed by atoms with van der Waals surface area (Å²) in [5.74, 6) is 0.572. The second kappa shape index (κ2) is 11.5. The predicted octanol–water partition coefficient (Wildman–Crippen LogP) is 2.46. The third-order valence-corrected chi connectivity index (χ3v) is 5.78. The van der Waals surface area contributed by atoms with Crippen LogP contribution in [0.5, 0.6) is 0 Å². The molecule has 0 unspecified atom stereocenters. The largest absolute Gasteiger partial charge is 0.355 e. The molecule has 0 fully saturated rings. The summed E-state index contributed by atoms with van der Waals surface area (Å²) >= 11 is 1.72. The first kappa shape index (κ1) is 22.9. The topological polar surface area (TPSA) is 82.6 Å². The van der Waals surface area contributed by atoms with Crippen LogP contribution in [0.25, 0.3) is 0 Å². The van der Waals surface area contributed by atoms with Crippen molar-refractivity contribution in [1.82, 2.24) is 15.4 Å². The summed E-state index contributed by atoms with van der Waals surface area (Å²) in [6, 6.07) is 13.6. The summed E-state index contributed by atoms with van der Waals surface area (Å²) in [6.45, 7) is 3.31. The van der Waals surface area contributed by atoms with E-state index in [0.717, 1.165) is 5.56 Å². The lowest BCUT2D eigenvalue weighted by Crippen LogP contribution is -2.40. The Morgan fingerprint density at radius 1 is 1.08 bits per heavy atom. The van der Waals surface area contributed by atoms with Gasteiger partial charge < -0.3 is 10.6 Å². The summed E-state index contributed by atoms with van der Waals surface area (Å²) in [6.07, 6.45) is 0. The van der Waals surface area contributed by atoms with Gasteiger partial charge in [-0.25, -0.2) is 13.1 Å². The molecular weight excluding hydrogens is 483 g/mol. The van der Waals surface area contributed by atoms with Gasteiger partial charge in [0.25, 0.3) is 0 Å². The van der Waals surface area contributed by atoms with E-state index < -0.39 is 10.0 Å². The SMILES string of the molecule is CN=C(NCCS(=O)(=O)NCc1ccccc1)NCc1ccc(C)s1.I. The van der Waals surface area contributed by atoms with Crippen molar-refractivity contribution < 1.29 is 8.42 Å². The number of nitrogens with zero attached hydrogens (tertiary/aromatic N) is 1. The van der Waals surface area contributed by atoms with E-state index in [0.29, 0.717) is 19.0 Å². The van der Waals surface area contributed by atoms with E-state index in [1.54, 1.807) is 18.4 Å². The van der Waals surface area contributed by atoms with Crippen LogP contribution in [0.15, 0.2) is 47.5 Å². The van der Waals surface area contributed by atoms with Gasteiger partial charge in [-0.2, -0.15) is 0 Å². The maximum atomic E-state index is 12.0. The van der Waals surface area contributed by atoms with E-state index in [1.807, 2.05) is 30.3 Å². The molecule has 0 amide bonds. The van der Waals surface area contributed by atoms with E-state index in [4.69, 9.17) is 0 Å². The van der Waals surface area contributed by atoms with Gasteiger partial charge in [0.1, 0.15) is 0 Å². The molecule has 0 atom stereocenters. The lowest BCUT2D eigenvalue weighted by Gasteiger charge is -2.12. The minimum absolute atomic E-state index is 0. The molecule has 0 aliphatic rings. The Balaban J connectivity index is 0.00000338. The van der Waals surface area contributed by atoms with Crippen LogP contribution in [0, 0.1) is 6.92 Å². The second-order valence-corrected chi connectivity index (χ2v) is 8.79. The molecule has 9 heteroatoms. The molecule has 1 aromatic heterocycles. The van der Waals surface area contributed by atoms with Crippen LogP contribution in [0.1, 0.15) is 15.3 Å². The monoisotopic (exact) mass is 508 g/mol. The Morgan fingerprint density at radius 3 is 2.42 bits per heavy atom. The maximum Gasteiger partial charge on any atom is 0.213 e. The highest BCUT2D eigenvalue weighted by Crippen LogP contribution is 2.14. The number of sulfonamides is 1. The number of aryl methyl sites for hydroxylation is 1. The van der Waals surface area contributed by atoms with Crippen LogP contribution in [0.4, 0.5) is 0 Å². The highest BCUT2D eigenvalue weighted by Gasteiger charge is 2.10. The number of hydrogen-bond acceptors (Lipinski definition) is 4. The van der Waals surface area contributed by atoms with Crippen molar-refractivity contribution in [3.8, 4) is 0 Å². The third-order valence-electron chi connectivity index (χ3n) is 3.45. The zero-order valence-corrected chi connectivity index (χ0v) is 18.8. The number of rotatable bonds is 8. The molecule has 144 valence electrons. The molecule has 2 aromatic rings. The average molecular weight is 508 g/mol. The molecule has 1 heterocycles. The standard InChI is InChI=1S/C17H24N4O2S2.HI/c1-14-8-9-16(24-14)13-20-17(18-2)19-10-11-25(22,23)21-12-15-6-4-3-5-7-15;/h3-9,21H,10-13H2,1-2H3,(H2,18,19,20);1H. The molecule has 0 spiro atoms. The van der Waals surface area contributed by atoms with Gasteiger partial charge in [-0.1, -0.05) is 30.3 Å². The Morgan fingerprint density at radius 2 is 1.81 bits per heavy atom. The van der Waals surface area contributed by atoms with E-state index in [-0.39, 0.29) is 36.3 Å². The van der Waals surface area contributed by atoms with Gasteiger partial charge >= 0.3 is 0 Å². The highest BCUT2D eigenvalue weighted by atomic mass is 127. The lowest BCUT2D eigenvalue weighted by molar-refractivity contribution is 0.580. The molecule has 0 aliphatic carbocycles. The van der Waals surface area contributed by atoms with Gasteiger partial charge in [-0.3, -0.25) is 4.99 Å². The molecule has 3 N–H and O–H groups in total. The van der Waals surface area contributed by atoms with Crippen molar-refractivity contribution in [1.29, 1.82) is 0 Å². The van der Waals surface area contributed by atoms with Gasteiger partial charge in [-0.05, 0) is 24.6 Å². The van der Waals surface area contributed by atoms with Crippen LogP contribution in [-0.4, -0.2) is 33.7 Å². The van der Waals surface area contributed by atoms with Crippen molar-refractivity contribution in [2.75, 3.05) is 19.3 Å². The normalized spacial score (nSPS) is 11.7. The second-order valence-electron chi connectivity index (χ2n) is 5.49. The zero-order valence-electron chi connectivity index (χ0n) is 14.9. The van der Waals surface area contributed by atoms with E-state index in [1.165, 1.54) is 9.75 Å². The van der Waals surface area contributed by atoms with Crippen LogP contribution in [-0.2, 0) is 23.1 Å². The summed E-state index contributed by atoms with van der Waals surface area (Å²) in [4.78, 5) is 6.57. The fourth-order valence-corrected chi connectivity index (χ4v) is 3.87. The van der Waals surface area contributed by atoms with Crippen molar-refractivity contribution in [3.05, 3.63) is 57.8 Å². The molecule has 0 saturated heterocycles. The minimum Gasteiger partial charge on any atom is -0.355 e. The molecule has 26 heavy (non-hydrogen) atoms. The first-order valence-corrected chi connectivity index (χ1v) is 10.5.